The molecule has 0 saturated heterocycles. The molecular weight excluding hydrogens is 396 g/mol. The van der Waals surface area contributed by atoms with E-state index in [9.17, 15) is 9.59 Å². The van der Waals surface area contributed by atoms with Gasteiger partial charge in [-0.3, -0.25) is 9.59 Å². The molecule has 3 rings (SSSR count). The number of carbonyl (C=O) groups excluding carboxylic acids is 2. The Labute approximate surface area is 181 Å². The molecule has 2 aromatic heterocycles. The highest BCUT2D eigenvalue weighted by molar-refractivity contribution is 5.99. The van der Waals surface area contributed by atoms with Crippen molar-refractivity contribution in [1.29, 1.82) is 0 Å². The number of benzene rings is 1. The molecule has 0 radical (unpaired) electrons. The van der Waals surface area contributed by atoms with Gasteiger partial charge in [-0.15, -0.1) is 0 Å². The summed E-state index contributed by atoms with van der Waals surface area (Å²) in [6, 6.07) is 9.05. The highest BCUT2D eigenvalue weighted by Gasteiger charge is 2.17. The number of hydrogen-bond donors (Lipinski definition) is 0. The second kappa shape index (κ2) is 9.64. The van der Waals surface area contributed by atoms with Crippen molar-refractivity contribution in [2.45, 2.75) is 54.2 Å². The smallest absolute Gasteiger partial charge is 0.310 e. The van der Waals surface area contributed by atoms with Gasteiger partial charge >= 0.3 is 5.97 Å². The topological polar surface area (TPSA) is 83.6 Å². The van der Waals surface area contributed by atoms with Crippen LogP contribution in [0.3, 0.4) is 0 Å². The number of aromatic nitrogens is 2. The van der Waals surface area contributed by atoms with Crippen molar-refractivity contribution in [2.75, 3.05) is 6.61 Å². The van der Waals surface area contributed by atoms with Gasteiger partial charge in [-0.05, 0) is 58.4 Å². The molecule has 0 spiro atoms. The Morgan fingerprint density at radius 3 is 2.39 bits per heavy atom. The van der Waals surface area contributed by atoms with Crippen LogP contribution in [0.1, 0.15) is 51.3 Å². The van der Waals surface area contributed by atoms with Crippen molar-refractivity contribution in [3.63, 3.8) is 0 Å². The van der Waals surface area contributed by atoms with E-state index in [4.69, 9.17) is 14.0 Å². The van der Waals surface area contributed by atoms with E-state index in [1.54, 1.807) is 24.3 Å². The fourth-order valence-electron chi connectivity index (χ4n) is 3.58. The zero-order valence-electron chi connectivity index (χ0n) is 18.7. The fourth-order valence-corrected chi connectivity index (χ4v) is 3.58. The summed E-state index contributed by atoms with van der Waals surface area (Å²) < 4.78 is 18.2. The van der Waals surface area contributed by atoms with E-state index < -0.39 is 5.97 Å². The van der Waals surface area contributed by atoms with Crippen LogP contribution in [0.2, 0.25) is 0 Å². The summed E-state index contributed by atoms with van der Waals surface area (Å²) in [5.74, 6) is 0.785. The molecule has 7 nitrogen and oxygen atoms in total. The Morgan fingerprint density at radius 1 is 1.10 bits per heavy atom. The largest absolute Gasteiger partial charge is 0.489 e. The van der Waals surface area contributed by atoms with E-state index >= 15 is 0 Å². The van der Waals surface area contributed by atoms with Crippen molar-refractivity contribution in [3.8, 4) is 5.75 Å². The highest BCUT2D eigenvalue weighted by atomic mass is 16.5. The predicted octanol–water partition coefficient (Wildman–Crippen LogP) is 4.28. The molecule has 0 atom stereocenters. The summed E-state index contributed by atoms with van der Waals surface area (Å²) in [5, 5.41) is 3.91. The molecule has 31 heavy (non-hydrogen) atoms. The van der Waals surface area contributed by atoms with Gasteiger partial charge in [0, 0.05) is 23.5 Å². The van der Waals surface area contributed by atoms with Crippen molar-refractivity contribution in [2.24, 2.45) is 0 Å². The number of nitrogens with zero attached hydrogens (tertiary/aromatic N) is 2. The van der Waals surface area contributed by atoms with Crippen LogP contribution >= 0.6 is 0 Å². The van der Waals surface area contributed by atoms with E-state index in [2.05, 4.69) is 9.72 Å². The van der Waals surface area contributed by atoms with E-state index in [-0.39, 0.29) is 18.8 Å². The first-order chi connectivity index (χ1) is 14.8. The lowest BCUT2D eigenvalue weighted by Crippen LogP contribution is -2.16. The zero-order valence-corrected chi connectivity index (χ0v) is 18.7. The molecule has 164 valence electrons. The predicted molar refractivity (Wildman–Crippen MR) is 115 cm³/mol. The van der Waals surface area contributed by atoms with Crippen LogP contribution in [-0.4, -0.2) is 28.1 Å². The SMILES string of the molecule is CCn1c(C)cc(C(=O)COC(=O)Cc2ccc(OCc3c(C)noc3C)cc2)c1C. The average Bonchev–Trinajstić information content (AvgIpc) is 3.22. The Balaban J connectivity index is 1.50. The number of carbonyl (C=O) groups is 2. The van der Waals surface area contributed by atoms with Crippen LogP contribution in [0, 0.1) is 27.7 Å². The van der Waals surface area contributed by atoms with Gasteiger partial charge in [0.15, 0.2) is 6.61 Å². The van der Waals surface area contributed by atoms with Crippen molar-refractivity contribution >= 4 is 11.8 Å². The van der Waals surface area contributed by atoms with Crippen molar-refractivity contribution in [1.82, 2.24) is 9.72 Å². The summed E-state index contributed by atoms with van der Waals surface area (Å²) in [4.78, 5) is 24.6. The van der Waals surface area contributed by atoms with Gasteiger partial charge in [0.25, 0.3) is 0 Å². The minimum atomic E-state index is -0.443. The molecular formula is C24H28N2O5. The van der Waals surface area contributed by atoms with Gasteiger partial charge in [0.1, 0.15) is 18.1 Å². The molecule has 0 bridgehead atoms. The van der Waals surface area contributed by atoms with Crippen LogP contribution in [0.15, 0.2) is 34.9 Å². The maximum Gasteiger partial charge on any atom is 0.310 e. The van der Waals surface area contributed by atoms with Gasteiger partial charge in [0.05, 0.1) is 17.7 Å². The second-order valence-electron chi connectivity index (χ2n) is 7.53. The van der Waals surface area contributed by atoms with Crippen LogP contribution in [0.25, 0.3) is 0 Å². The van der Waals surface area contributed by atoms with Crippen molar-refractivity contribution < 1.29 is 23.6 Å². The third-order valence-electron chi connectivity index (χ3n) is 5.39. The van der Waals surface area contributed by atoms with Gasteiger partial charge in [-0.1, -0.05) is 17.3 Å². The molecule has 2 heterocycles. The molecule has 7 heteroatoms. The Kier molecular flexibility index (Phi) is 6.95. The highest BCUT2D eigenvalue weighted by Crippen LogP contribution is 2.19. The molecule has 3 aromatic rings. The molecule has 0 aliphatic rings. The Morgan fingerprint density at radius 2 is 1.81 bits per heavy atom. The zero-order chi connectivity index (χ0) is 22.5. The summed E-state index contributed by atoms with van der Waals surface area (Å²) in [7, 11) is 0. The van der Waals surface area contributed by atoms with Crippen LogP contribution < -0.4 is 4.74 Å². The third-order valence-corrected chi connectivity index (χ3v) is 5.39. The van der Waals surface area contributed by atoms with Gasteiger partial charge in [0.2, 0.25) is 5.78 Å². The normalized spacial score (nSPS) is 10.9. The lowest BCUT2D eigenvalue weighted by atomic mass is 10.1. The molecule has 0 amide bonds. The Bertz CT molecular complexity index is 1060. The first-order valence-corrected chi connectivity index (χ1v) is 10.3. The van der Waals surface area contributed by atoms with E-state index in [1.807, 2.05) is 40.7 Å². The number of hydrogen-bond acceptors (Lipinski definition) is 6. The van der Waals surface area contributed by atoms with E-state index in [1.165, 1.54) is 0 Å². The van der Waals surface area contributed by atoms with Crippen LogP contribution in [-0.2, 0) is 29.1 Å². The molecule has 0 saturated carbocycles. The number of aryl methyl sites for hydroxylation is 3. The number of Topliss-reactive ketones (excluding diaryl/α,β-unsaturated/α-hetero) is 1. The second-order valence-corrected chi connectivity index (χ2v) is 7.53. The standard InChI is InChI=1S/C24H28N2O5/c1-6-26-15(2)11-21(17(26)4)23(27)14-30-24(28)12-19-7-9-20(10-8-19)29-13-22-16(3)25-31-18(22)5/h7-11H,6,12-14H2,1-5H3. The number of ketones is 1. The first-order valence-electron chi connectivity index (χ1n) is 10.3. The number of ether oxygens (including phenoxy) is 2. The lowest BCUT2D eigenvalue weighted by Gasteiger charge is -2.08. The fraction of sp³-hybridized carbons (Fsp3) is 0.375. The number of esters is 1. The quantitative estimate of drug-likeness (QED) is 0.377. The van der Waals surface area contributed by atoms with Crippen molar-refractivity contribution in [3.05, 3.63) is 69.9 Å². The number of rotatable bonds is 9. The summed E-state index contributed by atoms with van der Waals surface area (Å²) in [5.41, 5.74) is 5.04. The van der Waals surface area contributed by atoms with E-state index in [0.717, 1.165) is 40.5 Å². The minimum absolute atomic E-state index is 0.0887. The maximum atomic E-state index is 12.4. The summed E-state index contributed by atoms with van der Waals surface area (Å²) >= 11 is 0. The minimum Gasteiger partial charge on any atom is -0.489 e. The van der Waals surface area contributed by atoms with Gasteiger partial charge in [-0.25, -0.2) is 0 Å². The average molecular weight is 424 g/mol. The summed E-state index contributed by atoms with van der Waals surface area (Å²) in [6.07, 6.45) is 0.0887. The van der Waals surface area contributed by atoms with E-state index in [0.29, 0.717) is 17.9 Å². The third kappa shape index (κ3) is 5.23. The molecule has 0 aliphatic heterocycles. The monoisotopic (exact) mass is 424 g/mol. The maximum absolute atomic E-state index is 12.4. The molecule has 0 aliphatic carbocycles. The van der Waals surface area contributed by atoms with Gasteiger partial charge in [-0.2, -0.15) is 0 Å². The van der Waals surface area contributed by atoms with Crippen LogP contribution in [0.4, 0.5) is 0 Å². The first kappa shape index (κ1) is 22.3. The molecule has 1 aromatic carbocycles. The Hall–Kier alpha value is -3.35. The van der Waals surface area contributed by atoms with Gasteiger partial charge < -0.3 is 18.6 Å². The molecule has 0 N–H and O–H groups in total. The van der Waals surface area contributed by atoms with Crippen LogP contribution in [0.5, 0.6) is 5.75 Å². The summed E-state index contributed by atoms with van der Waals surface area (Å²) in [6.45, 7) is 10.5. The molecule has 0 unspecified atom stereocenters. The lowest BCUT2D eigenvalue weighted by molar-refractivity contribution is -0.141. The molecule has 0 fully saturated rings.